The Hall–Kier alpha value is -1.63. The molecule has 1 aliphatic heterocycles. The number of amides is 2. The summed E-state index contributed by atoms with van der Waals surface area (Å²) in [6.45, 7) is 1.27. The Morgan fingerprint density at radius 1 is 1.56 bits per heavy atom. The second-order valence-electron chi connectivity index (χ2n) is 3.72. The molecular weight excluding hydrogens is 216 g/mol. The average Bonchev–Trinajstić information content (AvgIpc) is 2.59. The lowest BCUT2D eigenvalue weighted by Gasteiger charge is -2.19. The normalized spacial score (nSPS) is 23.4. The maximum atomic E-state index is 11.5. The summed E-state index contributed by atoms with van der Waals surface area (Å²) in [5.74, 6) is -2.13. The van der Waals surface area contributed by atoms with E-state index in [0.717, 1.165) is 0 Å². The van der Waals surface area contributed by atoms with Crippen molar-refractivity contribution >= 4 is 17.8 Å². The summed E-state index contributed by atoms with van der Waals surface area (Å²) in [5, 5.41) is 22.5. The van der Waals surface area contributed by atoms with E-state index in [0.29, 0.717) is 6.42 Å². The molecule has 0 unspecified atom stereocenters. The number of aliphatic hydroxyl groups is 1. The Balaban J connectivity index is 2.55. The molecule has 0 radical (unpaired) electrons. The molecule has 7 heteroatoms. The van der Waals surface area contributed by atoms with Gasteiger partial charge in [0.2, 0.25) is 11.8 Å². The Bertz CT molecular complexity index is 315. The first-order valence-electron chi connectivity index (χ1n) is 4.92. The maximum absolute atomic E-state index is 11.5. The molecule has 7 nitrogen and oxygen atoms in total. The van der Waals surface area contributed by atoms with Gasteiger partial charge in [0, 0.05) is 6.42 Å². The molecule has 0 aromatic rings. The zero-order chi connectivity index (χ0) is 12.3. The van der Waals surface area contributed by atoms with Gasteiger partial charge in [-0.3, -0.25) is 9.59 Å². The SMILES string of the molecule is C[C@@H](O)[C@H](NC(=O)[C@@H]1CCC(=O)N1)C(=O)O. The predicted molar refractivity (Wildman–Crippen MR) is 52.4 cm³/mol. The molecule has 1 saturated heterocycles. The lowest BCUT2D eigenvalue weighted by Crippen LogP contribution is -2.52. The first-order chi connectivity index (χ1) is 7.41. The molecule has 3 atom stereocenters. The van der Waals surface area contributed by atoms with Crippen molar-refractivity contribution in [3.05, 3.63) is 0 Å². The summed E-state index contributed by atoms with van der Waals surface area (Å²) < 4.78 is 0. The molecule has 0 saturated carbocycles. The fourth-order valence-electron chi connectivity index (χ4n) is 1.45. The van der Waals surface area contributed by atoms with E-state index in [1.165, 1.54) is 6.92 Å². The molecule has 1 fully saturated rings. The number of aliphatic hydroxyl groups excluding tert-OH is 1. The first-order valence-corrected chi connectivity index (χ1v) is 4.92. The number of aliphatic carboxylic acids is 1. The van der Waals surface area contributed by atoms with Crippen LogP contribution in [0.5, 0.6) is 0 Å². The standard InChI is InChI=1S/C9H14N2O5/c1-4(12)7(9(15)16)11-8(14)5-2-3-6(13)10-5/h4-5,7,12H,2-3H2,1H3,(H,10,13)(H,11,14)(H,15,16)/t4-,5+,7+/m1/s1. The van der Waals surface area contributed by atoms with Crippen molar-refractivity contribution in [3.8, 4) is 0 Å². The molecule has 90 valence electrons. The number of hydrogen-bond donors (Lipinski definition) is 4. The van der Waals surface area contributed by atoms with Gasteiger partial charge in [0.1, 0.15) is 6.04 Å². The Kier molecular flexibility index (Phi) is 3.83. The van der Waals surface area contributed by atoms with Crippen LogP contribution in [0.2, 0.25) is 0 Å². The number of hydrogen-bond acceptors (Lipinski definition) is 4. The van der Waals surface area contributed by atoms with Gasteiger partial charge in [-0.05, 0) is 13.3 Å². The van der Waals surface area contributed by atoms with Crippen LogP contribution in [0.25, 0.3) is 0 Å². The molecular formula is C9H14N2O5. The van der Waals surface area contributed by atoms with E-state index in [2.05, 4.69) is 10.6 Å². The predicted octanol–water partition coefficient (Wildman–Crippen LogP) is -1.78. The van der Waals surface area contributed by atoms with Crippen molar-refractivity contribution in [1.82, 2.24) is 10.6 Å². The van der Waals surface area contributed by atoms with Crippen LogP contribution in [0.4, 0.5) is 0 Å². The maximum Gasteiger partial charge on any atom is 0.328 e. The van der Waals surface area contributed by atoms with E-state index < -0.39 is 30.1 Å². The van der Waals surface area contributed by atoms with E-state index in [9.17, 15) is 14.4 Å². The van der Waals surface area contributed by atoms with Gasteiger partial charge in [0.15, 0.2) is 6.04 Å². The zero-order valence-corrected chi connectivity index (χ0v) is 8.77. The first kappa shape index (κ1) is 12.4. The van der Waals surface area contributed by atoms with Crippen molar-refractivity contribution in [3.63, 3.8) is 0 Å². The lowest BCUT2D eigenvalue weighted by atomic mass is 10.1. The molecule has 0 aromatic heterocycles. The highest BCUT2D eigenvalue weighted by molar-refractivity contribution is 5.92. The number of carboxylic acids is 1. The van der Waals surface area contributed by atoms with Crippen molar-refractivity contribution in [2.45, 2.75) is 38.0 Å². The van der Waals surface area contributed by atoms with E-state index in [1.54, 1.807) is 0 Å². The second kappa shape index (κ2) is 4.93. The smallest absolute Gasteiger partial charge is 0.328 e. The summed E-state index contributed by atoms with van der Waals surface area (Å²) in [4.78, 5) is 33.1. The Morgan fingerprint density at radius 3 is 2.56 bits per heavy atom. The highest BCUT2D eigenvalue weighted by atomic mass is 16.4. The quantitative estimate of drug-likeness (QED) is 0.455. The van der Waals surface area contributed by atoms with Gasteiger partial charge in [-0.25, -0.2) is 4.79 Å². The highest BCUT2D eigenvalue weighted by Crippen LogP contribution is 2.07. The molecule has 0 spiro atoms. The van der Waals surface area contributed by atoms with Crippen molar-refractivity contribution in [1.29, 1.82) is 0 Å². The minimum Gasteiger partial charge on any atom is -0.480 e. The third kappa shape index (κ3) is 2.93. The molecule has 16 heavy (non-hydrogen) atoms. The highest BCUT2D eigenvalue weighted by Gasteiger charge is 2.32. The van der Waals surface area contributed by atoms with Gasteiger partial charge in [0.05, 0.1) is 6.10 Å². The number of carbonyl (C=O) groups is 3. The van der Waals surface area contributed by atoms with Crippen LogP contribution in [0.15, 0.2) is 0 Å². The Morgan fingerprint density at radius 2 is 2.19 bits per heavy atom. The lowest BCUT2D eigenvalue weighted by molar-refractivity contribution is -0.145. The molecule has 4 N–H and O–H groups in total. The van der Waals surface area contributed by atoms with E-state index in [-0.39, 0.29) is 12.3 Å². The number of carboxylic acid groups (broad SMARTS) is 1. The molecule has 1 aliphatic rings. The minimum absolute atomic E-state index is 0.232. The van der Waals surface area contributed by atoms with Crippen molar-refractivity contribution < 1.29 is 24.6 Å². The number of nitrogens with one attached hydrogen (secondary N) is 2. The molecule has 2 amide bonds. The summed E-state index contributed by atoms with van der Waals surface area (Å²) in [6, 6.07) is -2.06. The minimum atomic E-state index is -1.36. The monoisotopic (exact) mass is 230 g/mol. The fraction of sp³-hybridized carbons (Fsp3) is 0.667. The number of rotatable bonds is 4. The van der Waals surface area contributed by atoms with Gasteiger partial charge >= 0.3 is 5.97 Å². The van der Waals surface area contributed by atoms with Crippen LogP contribution in [-0.2, 0) is 14.4 Å². The largest absolute Gasteiger partial charge is 0.480 e. The van der Waals surface area contributed by atoms with Crippen molar-refractivity contribution in [2.75, 3.05) is 0 Å². The van der Waals surface area contributed by atoms with E-state index in [1.807, 2.05) is 0 Å². The summed E-state index contributed by atoms with van der Waals surface area (Å²) >= 11 is 0. The van der Waals surface area contributed by atoms with Gasteiger partial charge in [-0.15, -0.1) is 0 Å². The fourth-order valence-corrected chi connectivity index (χ4v) is 1.45. The number of carbonyl (C=O) groups excluding carboxylic acids is 2. The van der Waals surface area contributed by atoms with Crippen molar-refractivity contribution in [2.24, 2.45) is 0 Å². The average molecular weight is 230 g/mol. The van der Waals surface area contributed by atoms with Gasteiger partial charge in [0.25, 0.3) is 0 Å². The van der Waals surface area contributed by atoms with Crippen LogP contribution in [-0.4, -0.2) is 46.2 Å². The summed E-state index contributed by atoms with van der Waals surface area (Å²) in [5.41, 5.74) is 0. The van der Waals surface area contributed by atoms with Gasteiger partial charge in [-0.2, -0.15) is 0 Å². The van der Waals surface area contributed by atoms with Gasteiger partial charge < -0.3 is 20.8 Å². The summed E-state index contributed by atoms with van der Waals surface area (Å²) in [7, 11) is 0. The third-order valence-corrected chi connectivity index (χ3v) is 2.36. The molecule has 0 aliphatic carbocycles. The molecule has 0 aromatic carbocycles. The topological polar surface area (TPSA) is 116 Å². The van der Waals surface area contributed by atoms with E-state index in [4.69, 9.17) is 10.2 Å². The zero-order valence-electron chi connectivity index (χ0n) is 8.77. The van der Waals surface area contributed by atoms with E-state index >= 15 is 0 Å². The van der Waals surface area contributed by atoms with Crippen LogP contribution < -0.4 is 10.6 Å². The molecule has 1 rings (SSSR count). The Labute approximate surface area is 91.8 Å². The van der Waals surface area contributed by atoms with Crippen LogP contribution in [0, 0.1) is 0 Å². The third-order valence-electron chi connectivity index (χ3n) is 2.36. The van der Waals surface area contributed by atoms with Gasteiger partial charge in [-0.1, -0.05) is 0 Å². The van der Waals surface area contributed by atoms with Crippen LogP contribution in [0.1, 0.15) is 19.8 Å². The summed E-state index contributed by atoms with van der Waals surface area (Å²) in [6.07, 6.45) is -0.597. The molecule has 1 heterocycles. The van der Waals surface area contributed by atoms with Crippen LogP contribution >= 0.6 is 0 Å². The van der Waals surface area contributed by atoms with Crippen LogP contribution in [0.3, 0.4) is 0 Å². The second-order valence-corrected chi connectivity index (χ2v) is 3.72. The molecule has 0 bridgehead atoms.